The summed E-state index contributed by atoms with van der Waals surface area (Å²) in [6.45, 7) is 1.94. The normalized spacial score (nSPS) is 10.4. The highest BCUT2D eigenvalue weighted by molar-refractivity contribution is 5.35. The first-order valence-electron chi connectivity index (χ1n) is 4.95. The Morgan fingerprint density at radius 3 is 2.50 bits per heavy atom. The molecular weight excluding hydrogens is 204 g/mol. The van der Waals surface area contributed by atoms with Crippen LogP contribution in [0.25, 0.3) is 5.69 Å². The molecule has 4 nitrogen and oxygen atoms in total. The van der Waals surface area contributed by atoms with E-state index in [0.717, 1.165) is 5.56 Å². The van der Waals surface area contributed by atoms with Crippen LogP contribution in [0.2, 0.25) is 0 Å². The third-order valence-corrected chi connectivity index (χ3v) is 2.44. The first-order chi connectivity index (χ1) is 7.59. The van der Waals surface area contributed by atoms with E-state index in [0.29, 0.717) is 5.69 Å². The minimum absolute atomic E-state index is 0.524. The average molecular weight is 216 g/mol. The molecule has 0 spiro atoms. The van der Waals surface area contributed by atoms with Gasteiger partial charge >= 0.3 is 11.1 Å². The average Bonchev–Trinajstić information content (AvgIpc) is 2.26. The van der Waals surface area contributed by atoms with E-state index >= 15 is 0 Å². The van der Waals surface area contributed by atoms with Gasteiger partial charge in [0.1, 0.15) is 0 Å². The van der Waals surface area contributed by atoms with Gasteiger partial charge in [0.25, 0.3) is 0 Å². The molecule has 0 saturated carbocycles. The monoisotopic (exact) mass is 216 g/mol. The van der Waals surface area contributed by atoms with Crippen molar-refractivity contribution in [3.8, 4) is 5.69 Å². The number of hydrogen-bond donors (Lipinski definition) is 0. The highest BCUT2D eigenvalue weighted by Crippen LogP contribution is 2.06. The molecule has 1 heterocycles. The number of rotatable bonds is 1. The lowest BCUT2D eigenvalue weighted by molar-refractivity contribution is 0.786. The van der Waals surface area contributed by atoms with Gasteiger partial charge in [-0.15, -0.1) is 0 Å². The van der Waals surface area contributed by atoms with E-state index in [1.807, 2.05) is 25.1 Å². The van der Waals surface area contributed by atoms with Crippen LogP contribution in [0, 0.1) is 6.92 Å². The molecule has 1 aromatic carbocycles. The third-order valence-electron chi connectivity index (χ3n) is 2.44. The van der Waals surface area contributed by atoms with E-state index in [1.54, 1.807) is 25.5 Å². The first kappa shape index (κ1) is 10.4. The lowest BCUT2D eigenvalue weighted by atomic mass is 10.2. The molecule has 0 aliphatic carbocycles. The minimum Gasteiger partial charge on any atom is -0.312 e. The van der Waals surface area contributed by atoms with Crippen LogP contribution in [0.3, 0.4) is 0 Å². The molecular formula is C12H12N2O2. The zero-order valence-corrected chi connectivity index (χ0v) is 9.18. The second-order valence-corrected chi connectivity index (χ2v) is 3.73. The maximum atomic E-state index is 11.7. The zero-order chi connectivity index (χ0) is 11.7. The van der Waals surface area contributed by atoms with Gasteiger partial charge in [-0.1, -0.05) is 12.1 Å². The van der Waals surface area contributed by atoms with Crippen LogP contribution in [0.5, 0.6) is 0 Å². The smallest absolute Gasteiger partial charge is 0.312 e. The van der Waals surface area contributed by atoms with Crippen LogP contribution in [-0.4, -0.2) is 9.13 Å². The summed E-state index contributed by atoms with van der Waals surface area (Å²) >= 11 is 0. The van der Waals surface area contributed by atoms with E-state index in [1.165, 1.54) is 9.13 Å². The Bertz CT molecular complexity index is 638. The maximum absolute atomic E-state index is 11.7. The Morgan fingerprint density at radius 2 is 1.81 bits per heavy atom. The van der Waals surface area contributed by atoms with Crippen LogP contribution in [0.15, 0.2) is 46.2 Å². The third kappa shape index (κ3) is 1.69. The van der Waals surface area contributed by atoms with E-state index < -0.39 is 11.1 Å². The fourth-order valence-electron chi connectivity index (χ4n) is 1.54. The second-order valence-electron chi connectivity index (χ2n) is 3.73. The van der Waals surface area contributed by atoms with Gasteiger partial charge in [0.15, 0.2) is 0 Å². The van der Waals surface area contributed by atoms with Crippen molar-refractivity contribution in [1.29, 1.82) is 0 Å². The molecule has 0 atom stereocenters. The molecule has 0 aliphatic heterocycles. The van der Waals surface area contributed by atoms with E-state index in [4.69, 9.17) is 0 Å². The van der Waals surface area contributed by atoms with Crippen LogP contribution < -0.4 is 11.1 Å². The van der Waals surface area contributed by atoms with Gasteiger partial charge in [-0.05, 0) is 24.6 Å². The van der Waals surface area contributed by atoms with Gasteiger partial charge in [-0.3, -0.25) is 14.2 Å². The van der Waals surface area contributed by atoms with Gasteiger partial charge in [0.2, 0.25) is 0 Å². The summed E-state index contributed by atoms with van der Waals surface area (Å²) in [5.74, 6) is 0. The van der Waals surface area contributed by atoms with Gasteiger partial charge in [-0.25, -0.2) is 0 Å². The Morgan fingerprint density at radius 1 is 1.06 bits per heavy atom. The lowest BCUT2D eigenvalue weighted by Crippen LogP contribution is -2.38. The minimum atomic E-state index is -0.532. The Hall–Kier alpha value is -2.10. The molecule has 0 saturated heterocycles. The van der Waals surface area contributed by atoms with Crippen LogP contribution in [-0.2, 0) is 7.05 Å². The van der Waals surface area contributed by atoms with Crippen molar-refractivity contribution in [3.05, 3.63) is 62.9 Å². The summed E-state index contributed by atoms with van der Waals surface area (Å²) < 4.78 is 2.63. The predicted molar refractivity (Wildman–Crippen MR) is 62.0 cm³/mol. The molecule has 0 amide bonds. The largest absolute Gasteiger partial charge is 0.320 e. The van der Waals surface area contributed by atoms with Crippen molar-refractivity contribution < 1.29 is 0 Å². The topological polar surface area (TPSA) is 44.0 Å². The fourth-order valence-corrected chi connectivity index (χ4v) is 1.54. The summed E-state index contributed by atoms with van der Waals surface area (Å²) in [4.78, 5) is 23.2. The standard InChI is InChI=1S/C12H12N2O2/c1-9-4-3-5-10(8-9)14-7-6-13(2)11(15)12(14)16/h3-8H,1-2H3. The number of aromatic nitrogens is 2. The molecule has 0 fully saturated rings. The molecule has 2 aromatic rings. The highest BCUT2D eigenvalue weighted by Gasteiger charge is 2.03. The van der Waals surface area contributed by atoms with Crippen LogP contribution in [0.1, 0.15) is 5.56 Å². The lowest BCUT2D eigenvalue weighted by Gasteiger charge is -2.06. The van der Waals surface area contributed by atoms with Gasteiger partial charge in [0.05, 0.1) is 0 Å². The maximum Gasteiger partial charge on any atom is 0.320 e. The fraction of sp³-hybridized carbons (Fsp3) is 0.167. The van der Waals surface area contributed by atoms with E-state index in [2.05, 4.69) is 0 Å². The molecule has 16 heavy (non-hydrogen) atoms. The molecule has 0 bridgehead atoms. The molecule has 82 valence electrons. The summed E-state index contributed by atoms with van der Waals surface area (Å²) in [5, 5.41) is 0. The quantitative estimate of drug-likeness (QED) is 0.663. The molecule has 0 aliphatic rings. The van der Waals surface area contributed by atoms with Crippen molar-refractivity contribution in [2.75, 3.05) is 0 Å². The van der Waals surface area contributed by atoms with E-state index in [9.17, 15) is 9.59 Å². The SMILES string of the molecule is Cc1cccc(-n2ccn(C)c(=O)c2=O)c1. The second kappa shape index (κ2) is 3.81. The Labute approximate surface area is 92.4 Å². The van der Waals surface area contributed by atoms with E-state index in [-0.39, 0.29) is 0 Å². The van der Waals surface area contributed by atoms with Crippen molar-refractivity contribution in [2.45, 2.75) is 6.92 Å². The molecule has 1 aromatic heterocycles. The van der Waals surface area contributed by atoms with Gasteiger partial charge in [-0.2, -0.15) is 0 Å². The summed E-state index contributed by atoms with van der Waals surface area (Å²) in [5.41, 5.74) is 0.701. The van der Waals surface area contributed by atoms with Crippen LogP contribution >= 0.6 is 0 Å². The molecule has 0 unspecified atom stereocenters. The zero-order valence-electron chi connectivity index (χ0n) is 9.18. The van der Waals surface area contributed by atoms with Gasteiger partial charge in [0, 0.05) is 25.1 Å². The summed E-state index contributed by atoms with van der Waals surface area (Å²) in [7, 11) is 1.56. The first-order valence-corrected chi connectivity index (χ1v) is 4.95. The molecule has 4 heteroatoms. The Balaban J connectivity index is 2.71. The van der Waals surface area contributed by atoms with Gasteiger partial charge < -0.3 is 4.57 Å². The van der Waals surface area contributed by atoms with Crippen molar-refractivity contribution in [2.24, 2.45) is 7.05 Å². The number of benzene rings is 1. The predicted octanol–water partition coefficient (Wildman–Crippen LogP) is 0.845. The van der Waals surface area contributed by atoms with Crippen molar-refractivity contribution in [1.82, 2.24) is 9.13 Å². The molecule has 0 N–H and O–H groups in total. The summed E-state index contributed by atoms with van der Waals surface area (Å²) in [6.07, 6.45) is 3.17. The van der Waals surface area contributed by atoms with Crippen molar-refractivity contribution >= 4 is 0 Å². The summed E-state index contributed by atoms with van der Waals surface area (Å²) in [6, 6.07) is 7.46. The number of nitrogens with zero attached hydrogens (tertiary/aromatic N) is 2. The highest BCUT2D eigenvalue weighted by atomic mass is 16.2. The molecule has 0 radical (unpaired) electrons. The number of hydrogen-bond acceptors (Lipinski definition) is 2. The Kier molecular flexibility index (Phi) is 2.48. The van der Waals surface area contributed by atoms with Crippen LogP contribution in [0.4, 0.5) is 0 Å². The van der Waals surface area contributed by atoms with Crippen molar-refractivity contribution in [3.63, 3.8) is 0 Å². The number of aryl methyl sites for hydroxylation is 2. The molecule has 2 rings (SSSR count).